The van der Waals surface area contributed by atoms with Crippen molar-refractivity contribution < 1.29 is 9.90 Å². The molecule has 1 heterocycles. The van der Waals surface area contributed by atoms with E-state index < -0.39 is 0 Å². The first-order chi connectivity index (χ1) is 8.56. The van der Waals surface area contributed by atoms with Crippen molar-refractivity contribution in [2.24, 2.45) is 11.8 Å². The summed E-state index contributed by atoms with van der Waals surface area (Å²) >= 11 is 0. The molecule has 1 fully saturated rings. The number of hydrogen-bond acceptors (Lipinski definition) is 2. The fourth-order valence-corrected chi connectivity index (χ4v) is 2.53. The van der Waals surface area contributed by atoms with Crippen LogP contribution in [0.4, 0.5) is 4.79 Å². The Balaban J connectivity index is 2.35. The molecular weight excluding hydrogens is 228 g/mol. The molecule has 4 nitrogen and oxygen atoms in total. The Morgan fingerprint density at radius 2 is 2.22 bits per heavy atom. The average Bonchev–Trinajstić information content (AvgIpc) is 2.38. The van der Waals surface area contributed by atoms with Gasteiger partial charge in [-0.25, -0.2) is 4.79 Å². The summed E-state index contributed by atoms with van der Waals surface area (Å²) in [6.07, 6.45) is 4.21. The maximum Gasteiger partial charge on any atom is 0.317 e. The van der Waals surface area contributed by atoms with Crippen molar-refractivity contribution in [2.45, 2.75) is 52.5 Å². The maximum absolute atomic E-state index is 12.1. The summed E-state index contributed by atoms with van der Waals surface area (Å²) in [7, 11) is 0. The van der Waals surface area contributed by atoms with Gasteiger partial charge in [0, 0.05) is 25.7 Å². The molecule has 1 aliphatic heterocycles. The Morgan fingerprint density at radius 1 is 1.50 bits per heavy atom. The molecule has 0 saturated carbocycles. The zero-order valence-electron chi connectivity index (χ0n) is 12.0. The Morgan fingerprint density at radius 3 is 2.83 bits per heavy atom. The molecule has 2 amide bonds. The first-order valence-corrected chi connectivity index (χ1v) is 7.23. The number of likely N-dealkylation sites (tertiary alicyclic amines) is 1. The molecule has 2 N–H and O–H groups in total. The minimum absolute atomic E-state index is 0.0314. The van der Waals surface area contributed by atoms with E-state index in [0.29, 0.717) is 12.5 Å². The Hall–Kier alpha value is -0.770. The third-order valence-corrected chi connectivity index (χ3v) is 3.89. The van der Waals surface area contributed by atoms with E-state index in [1.54, 1.807) is 0 Å². The summed E-state index contributed by atoms with van der Waals surface area (Å²) in [6.45, 7) is 8.15. The van der Waals surface area contributed by atoms with Gasteiger partial charge in [0.2, 0.25) is 0 Å². The lowest BCUT2D eigenvalue weighted by molar-refractivity contribution is 0.127. The number of aliphatic hydroxyl groups excluding tert-OH is 1. The standard InChI is InChI=1S/C14H28N2O2/c1-4-11(2)8-12(3)15-14(18)16-7-5-6-13(9-16)10-17/h11-13,17H,4-10H2,1-3H3,(H,15,18). The monoisotopic (exact) mass is 256 g/mol. The number of piperidine rings is 1. The van der Waals surface area contributed by atoms with E-state index in [4.69, 9.17) is 5.11 Å². The number of nitrogens with one attached hydrogen (secondary N) is 1. The van der Waals surface area contributed by atoms with Crippen LogP contribution in [0.5, 0.6) is 0 Å². The zero-order chi connectivity index (χ0) is 13.5. The molecule has 1 aliphatic rings. The largest absolute Gasteiger partial charge is 0.396 e. The third-order valence-electron chi connectivity index (χ3n) is 3.89. The number of hydrogen-bond donors (Lipinski definition) is 2. The van der Waals surface area contributed by atoms with Gasteiger partial charge in [0.15, 0.2) is 0 Å². The second kappa shape index (κ2) is 7.62. The van der Waals surface area contributed by atoms with E-state index in [1.807, 2.05) is 4.90 Å². The number of rotatable bonds is 5. The van der Waals surface area contributed by atoms with Crippen molar-refractivity contribution in [1.29, 1.82) is 0 Å². The molecular formula is C14H28N2O2. The van der Waals surface area contributed by atoms with Crippen LogP contribution in [0.25, 0.3) is 0 Å². The number of carbonyl (C=O) groups excluding carboxylic acids is 1. The van der Waals surface area contributed by atoms with Crippen LogP contribution >= 0.6 is 0 Å². The van der Waals surface area contributed by atoms with E-state index in [2.05, 4.69) is 26.1 Å². The van der Waals surface area contributed by atoms with Crippen LogP contribution in [-0.2, 0) is 0 Å². The minimum Gasteiger partial charge on any atom is -0.396 e. The van der Waals surface area contributed by atoms with Crippen LogP contribution in [0.3, 0.4) is 0 Å². The van der Waals surface area contributed by atoms with Crippen LogP contribution in [0.1, 0.15) is 46.5 Å². The minimum atomic E-state index is 0.0314. The van der Waals surface area contributed by atoms with E-state index in [1.165, 1.54) is 0 Å². The summed E-state index contributed by atoms with van der Waals surface area (Å²) < 4.78 is 0. The first kappa shape index (κ1) is 15.3. The van der Waals surface area contributed by atoms with E-state index >= 15 is 0 Å². The molecule has 1 saturated heterocycles. The Labute approximate surface area is 111 Å². The normalized spacial score (nSPS) is 23.6. The molecule has 18 heavy (non-hydrogen) atoms. The fraction of sp³-hybridized carbons (Fsp3) is 0.929. The molecule has 0 aromatic rings. The van der Waals surface area contributed by atoms with Crippen molar-refractivity contribution in [1.82, 2.24) is 10.2 Å². The lowest BCUT2D eigenvalue weighted by Crippen LogP contribution is -2.48. The van der Waals surface area contributed by atoms with Crippen molar-refractivity contribution in [3.63, 3.8) is 0 Å². The summed E-state index contributed by atoms with van der Waals surface area (Å²) in [5.74, 6) is 0.904. The van der Waals surface area contributed by atoms with Crippen LogP contribution in [-0.4, -0.2) is 41.8 Å². The number of aliphatic hydroxyl groups is 1. The highest BCUT2D eigenvalue weighted by molar-refractivity contribution is 5.74. The molecule has 4 heteroatoms. The molecule has 0 aromatic heterocycles. The molecule has 3 unspecified atom stereocenters. The number of amides is 2. The van der Waals surface area contributed by atoms with Crippen molar-refractivity contribution in [2.75, 3.05) is 19.7 Å². The summed E-state index contributed by atoms with van der Waals surface area (Å²) in [6, 6.07) is 0.255. The van der Waals surface area contributed by atoms with Gasteiger partial charge in [-0.1, -0.05) is 20.3 Å². The van der Waals surface area contributed by atoms with E-state index in [0.717, 1.165) is 32.2 Å². The Bertz CT molecular complexity index is 258. The highest BCUT2D eigenvalue weighted by Gasteiger charge is 2.23. The van der Waals surface area contributed by atoms with Crippen LogP contribution < -0.4 is 5.32 Å². The average molecular weight is 256 g/mol. The topological polar surface area (TPSA) is 52.6 Å². The van der Waals surface area contributed by atoms with Gasteiger partial charge in [0.05, 0.1) is 0 Å². The summed E-state index contributed by atoms with van der Waals surface area (Å²) in [4.78, 5) is 13.9. The molecule has 0 aliphatic carbocycles. The fourth-order valence-electron chi connectivity index (χ4n) is 2.53. The predicted molar refractivity (Wildman–Crippen MR) is 73.4 cm³/mol. The highest BCUT2D eigenvalue weighted by Crippen LogP contribution is 2.16. The molecule has 1 rings (SSSR count). The summed E-state index contributed by atoms with van der Waals surface area (Å²) in [5.41, 5.74) is 0. The van der Waals surface area contributed by atoms with Gasteiger partial charge in [-0.15, -0.1) is 0 Å². The lowest BCUT2D eigenvalue weighted by Gasteiger charge is -2.33. The maximum atomic E-state index is 12.1. The SMILES string of the molecule is CCC(C)CC(C)NC(=O)N1CCCC(CO)C1. The number of carbonyl (C=O) groups is 1. The number of urea groups is 1. The van der Waals surface area contributed by atoms with Crippen molar-refractivity contribution >= 4 is 6.03 Å². The second-order valence-electron chi connectivity index (χ2n) is 5.74. The second-order valence-corrected chi connectivity index (χ2v) is 5.74. The van der Waals surface area contributed by atoms with Gasteiger partial charge in [-0.2, -0.15) is 0 Å². The first-order valence-electron chi connectivity index (χ1n) is 7.23. The van der Waals surface area contributed by atoms with Gasteiger partial charge in [-0.05, 0) is 38.0 Å². The number of nitrogens with zero attached hydrogens (tertiary/aromatic N) is 1. The molecule has 0 spiro atoms. The van der Waals surface area contributed by atoms with Gasteiger partial charge < -0.3 is 15.3 Å². The zero-order valence-corrected chi connectivity index (χ0v) is 12.0. The van der Waals surface area contributed by atoms with Crippen molar-refractivity contribution in [3.05, 3.63) is 0 Å². The quantitative estimate of drug-likeness (QED) is 0.792. The molecule has 3 atom stereocenters. The van der Waals surface area contributed by atoms with Crippen LogP contribution in [0.2, 0.25) is 0 Å². The van der Waals surface area contributed by atoms with Crippen LogP contribution in [0, 0.1) is 11.8 Å². The highest BCUT2D eigenvalue weighted by atomic mass is 16.3. The van der Waals surface area contributed by atoms with Gasteiger partial charge in [0.1, 0.15) is 0 Å². The third kappa shape index (κ3) is 4.84. The van der Waals surface area contributed by atoms with Gasteiger partial charge in [-0.3, -0.25) is 0 Å². The Kier molecular flexibility index (Phi) is 6.47. The lowest BCUT2D eigenvalue weighted by atomic mass is 9.99. The molecule has 0 bridgehead atoms. The molecule has 0 radical (unpaired) electrons. The van der Waals surface area contributed by atoms with Gasteiger partial charge in [0.25, 0.3) is 0 Å². The molecule has 106 valence electrons. The van der Waals surface area contributed by atoms with Crippen LogP contribution in [0.15, 0.2) is 0 Å². The predicted octanol–water partition coefficient (Wildman–Crippen LogP) is 2.23. The van der Waals surface area contributed by atoms with E-state index in [-0.39, 0.29) is 24.6 Å². The smallest absolute Gasteiger partial charge is 0.317 e. The summed E-state index contributed by atoms with van der Waals surface area (Å²) in [5, 5.41) is 12.2. The van der Waals surface area contributed by atoms with E-state index in [9.17, 15) is 4.79 Å². The molecule has 0 aromatic carbocycles. The van der Waals surface area contributed by atoms with Crippen molar-refractivity contribution in [3.8, 4) is 0 Å². The van der Waals surface area contributed by atoms with Gasteiger partial charge >= 0.3 is 6.03 Å².